The maximum atomic E-state index is 10.7. The van der Waals surface area contributed by atoms with Gasteiger partial charge >= 0.3 is 5.97 Å². The highest BCUT2D eigenvalue weighted by Crippen LogP contribution is 2.20. The zero-order valence-corrected chi connectivity index (χ0v) is 11.1. The Morgan fingerprint density at radius 2 is 1.94 bits per heavy atom. The second-order valence-corrected chi connectivity index (χ2v) is 5.40. The van der Waals surface area contributed by atoms with E-state index in [-0.39, 0.29) is 0 Å². The van der Waals surface area contributed by atoms with Crippen LogP contribution < -0.4 is 4.74 Å². The minimum absolute atomic E-state index is 0.333. The molecule has 0 spiro atoms. The third-order valence-electron chi connectivity index (χ3n) is 2.07. The van der Waals surface area contributed by atoms with Crippen molar-refractivity contribution in [3.8, 4) is 5.75 Å². The standard InChI is InChI=1S/C12H9BrO3S/c13-8-1-3-9(4-2-8)16-7-10-5-6-11(17-10)12(14)15/h1-6H,7H2,(H,14,15). The normalized spacial score (nSPS) is 10.2. The molecule has 0 aliphatic carbocycles. The maximum absolute atomic E-state index is 10.7. The highest BCUT2D eigenvalue weighted by Gasteiger charge is 2.07. The average molecular weight is 313 g/mol. The molecular weight excluding hydrogens is 304 g/mol. The van der Waals surface area contributed by atoms with Crippen molar-refractivity contribution < 1.29 is 14.6 Å². The molecule has 0 unspecified atom stereocenters. The van der Waals surface area contributed by atoms with Gasteiger partial charge in [-0.2, -0.15) is 0 Å². The van der Waals surface area contributed by atoms with E-state index in [1.807, 2.05) is 24.3 Å². The molecule has 0 bridgehead atoms. The molecule has 0 aliphatic heterocycles. The number of aromatic carboxylic acids is 1. The molecular formula is C12H9BrO3S. The van der Waals surface area contributed by atoms with Crippen molar-refractivity contribution in [2.75, 3.05) is 0 Å². The van der Waals surface area contributed by atoms with E-state index in [0.717, 1.165) is 15.1 Å². The SMILES string of the molecule is O=C(O)c1ccc(COc2ccc(Br)cc2)s1. The number of carboxylic acid groups (broad SMARTS) is 1. The van der Waals surface area contributed by atoms with Gasteiger partial charge in [-0.05, 0) is 36.4 Å². The van der Waals surface area contributed by atoms with Crippen LogP contribution in [-0.4, -0.2) is 11.1 Å². The lowest BCUT2D eigenvalue weighted by molar-refractivity contribution is 0.0702. The number of carbonyl (C=O) groups is 1. The summed E-state index contributed by atoms with van der Waals surface area (Å²) in [6.45, 7) is 0.388. The summed E-state index contributed by atoms with van der Waals surface area (Å²) in [5.74, 6) is -0.136. The molecule has 0 aliphatic rings. The molecule has 2 rings (SSSR count). The number of ether oxygens (including phenoxy) is 1. The lowest BCUT2D eigenvalue weighted by Crippen LogP contribution is -1.92. The van der Waals surface area contributed by atoms with Gasteiger partial charge in [0.25, 0.3) is 0 Å². The fourth-order valence-electron chi connectivity index (χ4n) is 1.26. The number of thiophene rings is 1. The smallest absolute Gasteiger partial charge is 0.345 e. The molecule has 0 saturated carbocycles. The number of carboxylic acids is 1. The van der Waals surface area contributed by atoms with Gasteiger partial charge in [-0.15, -0.1) is 11.3 Å². The van der Waals surface area contributed by atoms with E-state index in [4.69, 9.17) is 9.84 Å². The molecule has 0 radical (unpaired) electrons. The molecule has 0 atom stereocenters. The lowest BCUT2D eigenvalue weighted by atomic mass is 10.3. The third kappa shape index (κ3) is 3.31. The van der Waals surface area contributed by atoms with Crippen LogP contribution in [0.2, 0.25) is 0 Å². The van der Waals surface area contributed by atoms with Crippen molar-refractivity contribution in [1.82, 2.24) is 0 Å². The van der Waals surface area contributed by atoms with Gasteiger partial charge in [0.05, 0.1) is 0 Å². The first-order valence-corrected chi connectivity index (χ1v) is 6.46. The van der Waals surface area contributed by atoms with Crippen molar-refractivity contribution in [3.63, 3.8) is 0 Å². The van der Waals surface area contributed by atoms with Gasteiger partial charge < -0.3 is 9.84 Å². The summed E-state index contributed by atoms with van der Waals surface area (Å²) in [6, 6.07) is 10.9. The zero-order chi connectivity index (χ0) is 12.3. The van der Waals surface area contributed by atoms with E-state index in [1.54, 1.807) is 12.1 Å². The predicted octanol–water partition coefficient (Wildman–Crippen LogP) is 3.79. The number of hydrogen-bond donors (Lipinski definition) is 1. The van der Waals surface area contributed by atoms with Crippen LogP contribution in [0.4, 0.5) is 0 Å². The Bertz CT molecular complexity index is 519. The minimum atomic E-state index is -0.898. The van der Waals surface area contributed by atoms with Crippen molar-refractivity contribution in [3.05, 3.63) is 50.6 Å². The summed E-state index contributed by atoms with van der Waals surface area (Å²) >= 11 is 4.57. The molecule has 1 aromatic carbocycles. The van der Waals surface area contributed by atoms with Crippen LogP contribution in [0.5, 0.6) is 5.75 Å². The van der Waals surface area contributed by atoms with Crippen molar-refractivity contribution in [1.29, 1.82) is 0 Å². The number of hydrogen-bond acceptors (Lipinski definition) is 3. The van der Waals surface area contributed by atoms with E-state index in [0.29, 0.717) is 11.5 Å². The molecule has 88 valence electrons. The van der Waals surface area contributed by atoms with Crippen molar-refractivity contribution in [2.45, 2.75) is 6.61 Å². The topological polar surface area (TPSA) is 46.5 Å². The number of benzene rings is 1. The first kappa shape index (κ1) is 12.1. The van der Waals surface area contributed by atoms with Crippen molar-refractivity contribution in [2.24, 2.45) is 0 Å². The Labute approximate surface area is 111 Å². The molecule has 5 heteroatoms. The maximum Gasteiger partial charge on any atom is 0.345 e. The largest absolute Gasteiger partial charge is 0.488 e. The van der Waals surface area contributed by atoms with Crippen LogP contribution >= 0.6 is 27.3 Å². The molecule has 3 nitrogen and oxygen atoms in total. The number of rotatable bonds is 4. The first-order valence-electron chi connectivity index (χ1n) is 4.85. The van der Waals surface area contributed by atoms with Gasteiger partial charge in [-0.1, -0.05) is 15.9 Å². The molecule has 1 N–H and O–H groups in total. The minimum Gasteiger partial charge on any atom is -0.488 e. The summed E-state index contributed by atoms with van der Waals surface area (Å²) < 4.78 is 6.53. The quantitative estimate of drug-likeness (QED) is 0.934. The second-order valence-electron chi connectivity index (χ2n) is 3.31. The molecule has 2 aromatic rings. The van der Waals surface area contributed by atoms with E-state index < -0.39 is 5.97 Å². The Morgan fingerprint density at radius 1 is 1.24 bits per heavy atom. The predicted molar refractivity (Wildman–Crippen MR) is 69.8 cm³/mol. The van der Waals surface area contributed by atoms with Gasteiger partial charge in [0.15, 0.2) is 0 Å². The van der Waals surface area contributed by atoms with Crippen LogP contribution in [0.1, 0.15) is 14.5 Å². The Kier molecular flexibility index (Phi) is 3.81. The van der Waals surface area contributed by atoms with Crippen molar-refractivity contribution >= 4 is 33.2 Å². The Hall–Kier alpha value is -1.33. The van der Waals surface area contributed by atoms with Crippen LogP contribution in [0.3, 0.4) is 0 Å². The van der Waals surface area contributed by atoms with Crippen LogP contribution in [0.25, 0.3) is 0 Å². The van der Waals surface area contributed by atoms with Gasteiger partial charge in [0.1, 0.15) is 17.2 Å². The van der Waals surface area contributed by atoms with Gasteiger partial charge in [0.2, 0.25) is 0 Å². The van der Waals surface area contributed by atoms with Crippen LogP contribution in [0.15, 0.2) is 40.9 Å². The van der Waals surface area contributed by atoms with E-state index >= 15 is 0 Å². The summed E-state index contributed by atoms with van der Waals surface area (Å²) in [6.07, 6.45) is 0. The highest BCUT2D eigenvalue weighted by atomic mass is 79.9. The average Bonchev–Trinajstić information content (AvgIpc) is 2.77. The lowest BCUT2D eigenvalue weighted by Gasteiger charge is -2.03. The summed E-state index contributed by atoms with van der Waals surface area (Å²) in [5, 5.41) is 8.78. The first-order chi connectivity index (χ1) is 8.15. The molecule has 0 saturated heterocycles. The Morgan fingerprint density at radius 3 is 2.53 bits per heavy atom. The third-order valence-corrected chi connectivity index (χ3v) is 3.64. The molecule has 17 heavy (non-hydrogen) atoms. The summed E-state index contributed by atoms with van der Waals surface area (Å²) in [4.78, 5) is 11.9. The zero-order valence-electron chi connectivity index (χ0n) is 8.72. The van der Waals surface area contributed by atoms with E-state index in [1.165, 1.54) is 11.3 Å². The van der Waals surface area contributed by atoms with Gasteiger partial charge in [-0.3, -0.25) is 0 Å². The van der Waals surface area contributed by atoms with Crippen LogP contribution in [-0.2, 0) is 6.61 Å². The molecule has 0 amide bonds. The fraction of sp³-hybridized carbons (Fsp3) is 0.0833. The van der Waals surface area contributed by atoms with Gasteiger partial charge in [-0.25, -0.2) is 4.79 Å². The molecule has 0 fully saturated rings. The van der Waals surface area contributed by atoms with Gasteiger partial charge in [0, 0.05) is 9.35 Å². The molecule has 1 heterocycles. The second kappa shape index (κ2) is 5.33. The highest BCUT2D eigenvalue weighted by molar-refractivity contribution is 9.10. The van der Waals surface area contributed by atoms with E-state index in [2.05, 4.69) is 15.9 Å². The summed E-state index contributed by atoms with van der Waals surface area (Å²) in [7, 11) is 0. The Balaban J connectivity index is 1.97. The summed E-state index contributed by atoms with van der Waals surface area (Å²) in [5.41, 5.74) is 0. The fourth-order valence-corrected chi connectivity index (χ4v) is 2.28. The monoisotopic (exact) mass is 312 g/mol. The molecule has 1 aromatic heterocycles. The van der Waals surface area contributed by atoms with E-state index in [9.17, 15) is 4.79 Å². The number of halogens is 1. The van der Waals surface area contributed by atoms with Crippen LogP contribution in [0, 0.1) is 0 Å².